The van der Waals surface area contributed by atoms with Crippen LogP contribution in [0.25, 0.3) is 11.0 Å². The number of ether oxygens (including phenoxy) is 2. The Kier molecular flexibility index (Phi) is 8.88. The Morgan fingerprint density at radius 2 is 2.00 bits per heavy atom. The van der Waals surface area contributed by atoms with E-state index in [0.29, 0.717) is 18.4 Å². The first-order chi connectivity index (χ1) is 12.2. The van der Waals surface area contributed by atoms with Gasteiger partial charge < -0.3 is 19.4 Å². The third-order valence-corrected chi connectivity index (χ3v) is 4.92. The van der Waals surface area contributed by atoms with Gasteiger partial charge in [-0.1, -0.05) is 24.3 Å². The zero-order chi connectivity index (χ0) is 17.6. The second-order valence-electron chi connectivity index (χ2n) is 5.56. The monoisotopic (exact) mass is 397 g/mol. The van der Waals surface area contributed by atoms with E-state index in [1.807, 2.05) is 37.3 Å². The van der Waals surface area contributed by atoms with Gasteiger partial charge in [-0.3, -0.25) is 9.19 Å². The number of hydrogen-bond acceptors (Lipinski definition) is 5. The summed E-state index contributed by atoms with van der Waals surface area (Å²) in [5, 5.41) is 0.341. The molecule has 2 aromatic heterocycles. The molecule has 132 valence electrons. The molecule has 0 aliphatic carbocycles. The van der Waals surface area contributed by atoms with E-state index >= 15 is 0 Å². The fraction of sp³-hybridized carbons (Fsp3) is 0.333. The smallest absolute Gasteiger partial charge is 0.493 e. The van der Waals surface area contributed by atoms with Crippen molar-refractivity contribution in [2.45, 2.75) is 24.3 Å². The molecular formula is C18H20KN3O3S. The summed E-state index contributed by atoms with van der Waals surface area (Å²) in [6.45, 7) is 3.15. The number of para-hydroxylation sites is 2. The van der Waals surface area contributed by atoms with E-state index in [2.05, 4.69) is 15.0 Å². The van der Waals surface area contributed by atoms with Crippen LogP contribution in [0.4, 0.5) is 0 Å². The number of imidazole rings is 1. The van der Waals surface area contributed by atoms with Crippen molar-refractivity contribution < 1.29 is 65.1 Å². The molecule has 0 spiro atoms. The molecule has 0 radical (unpaired) electrons. The summed E-state index contributed by atoms with van der Waals surface area (Å²) in [7, 11) is 0.312. The molecule has 0 N–H and O–H groups in total. The van der Waals surface area contributed by atoms with Gasteiger partial charge in [-0.15, -0.1) is 0 Å². The van der Waals surface area contributed by atoms with E-state index in [1.54, 1.807) is 13.3 Å². The van der Waals surface area contributed by atoms with Crippen LogP contribution in [0.3, 0.4) is 0 Å². The summed E-state index contributed by atoms with van der Waals surface area (Å²) < 4.78 is 23.4. The first kappa shape index (κ1) is 21.7. The van der Waals surface area contributed by atoms with Crippen molar-refractivity contribution in [2.24, 2.45) is 0 Å². The van der Waals surface area contributed by atoms with Crippen LogP contribution in [-0.2, 0) is 21.3 Å². The maximum atomic E-state index is 12.6. The number of hydrogen-bond donors (Lipinski definition) is 0. The normalized spacial score (nSPS) is 11.9. The molecule has 0 saturated carbocycles. The van der Waals surface area contributed by atoms with Crippen LogP contribution < -0.4 is 61.1 Å². The summed E-state index contributed by atoms with van der Waals surface area (Å²) in [6.07, 6.45) is 2.49. The minimum absolute atomic E-state index is 0. The van der Waals surface area contributed by atoms with Crippen LogP contribution in [0.2, 0.25) is 0 Å². The summed E-state index contributed by atoms with van der Waals surface area (Å²) in [4.78, 5) is 13.0. The van der Waals surface area contributed by atoms with Gasteiger partial charge in [0.1, 0.15) is 5.75 Å². The first-order valence-corrected chi connectivity index (χ1v) is 9.35. The molecule has 0 aliphatic rings. The Morgan fingerprint density at radius 3 is 2.77 bits per heavy atom. The van der Waals surface area contributed by atoms with E-state index in [0.717, 1.165) is 34.5 Å². The number of methoxy groups -OCH3 is 1. The first-order valence-electron chi connectivity index (χ1n) is 8.03. The molecule has 2 heterocycles. The molecule has 0 aliphatic heterocycles. The molecule has 0 saturated heterocycles. The molecule has 6 nitrogen and oxygen atoms in total. The number of rotatable bonds is 8. The maximum Gasteiger partial charge on any atom is 1.00 e. The van der Waals surface area contributed by atoms with Crippen molar-refractivity contribution >= 4 is 21.8 Å². The average Bonchev–Trinajstić information content (AvgIpc) is 3.06. The molecule has 8 heteroatoms. The molecule has 26 heavy (non-hydrogen) atoms. The standard InChI is InChI=1S/C18H20N3O3S.K/c1-13-16(19-9-8-17(13)24-11-5-10-23-2)12-25(22)18-20-14-6-3-4-7-15(14)21-18;/h3-4,6-9H,5,10-12H2,1-2H3;/q-1;+1/t25-;/m0./s1. The molecule has 0 amide bonds. The Balaban J connectivity index is 0.00000243. The molecule has 3 aromatic rings. The predicted molar refractivity (Wildman–Crippen MR) is 96.1 cm³/mol. The number of aromatic nitrogens is 3. The van der Waals surface area contributed by atoms with Crippen molar-refractivity contribution in [1.29, 1.82) is 0 Å². The fourth-order valence-corrected chi connectivity index (χ4v) is 3.49. The van der Waals surface area contributed by atoms with Crippen molar-refractivity contribution in [3.8, 4) is 5.75 Å². The molecule has 0 fully saturated rings. The summed E-state index contributed by atoms with van der Waals surface area (Å²) >= 11 is 0. The van der Waals surface area contributed by atoms with Gasteiger partial charge in [0, 0.05) is 37.1 Å². The van der Waals surface area contributed by atoms with Crippen LogP contribution in [0.1, 0.15) is 17.7 Å². The van der Waals surface area contributed by atoms with Gasteiger partial charge in [0.2, 0.25) is 0 Å². The minimum atomic E-state index is -1.35. The quantitative estimate of drug-likeness (QED) is 0.381. The van der Waals surface area contributed by atoms with Crippen LogP contribution in [0.15, 0.2) is 41.7 Å². The third-order valence-electron chi connectivity index (χ3n) is 3.79. The van der Waals surface area contributed by atoms with Gasteiger partial charge >= 0.3 is 51.4 Å². The van der Waals surface area contributed by atoms with Crippen molar-refractivity contribution in [1.82, 2.24) is 15.0 Å². The fourth-order valence-electron chi connectivity index (χ4n) is 2.42. The Morgan fingerprint density at radius 1 is 1.19 bits per heavy atom. The third kappa shape index (κ3) is 5.45. The topological polar surface area (TPSA) is 75.4 Å². The van der Waals surface area contributed by atoms with Gasteiger partial charge in [-0.25, -0.2) is 0 Å². The van der Waals surface area contributed by atoms with E-state index < -0.39 is 10.8 Å². The van der Waals surface area contributed by atoms with Gasteiger partial charge in [-0.2, -0.15) is 0 Å². The summed E-state index contributed by atoms with van der Waals surface area (Å²) in [5.41, 5.74) is 3.14. The van der Waals surface area contributed by atoms with Crippen molar-refractivity contribution in [3.05, 3.63) is 47.8 Å². The average molecular weight is 398 g/mol. The Hall–Kier alpha value is -0.614. The molecule has 0 unspecified atom stereocenters. The molecule has 1 aromatic carbocycles. The molecular weight excluding hydrogens is 377 g/mol. The van der Waals surface area contributed by atoms with Crippen LogP contribution in [0, 0.1) is 6.92 Å². The van der Waals surface area contributed by atoms with Crippen LogP contribution in [-0.4, -0.2) is 34.5 Å². The van der Waals surface area contributed by atoms with Crippen molar-refractivity contribution in [3.63, 3.8) is 0 Å². The largest absolute Gasteiger partial charge is 1.00 e. The summed E-state index contributed by atoms with van der Waals surface area (Å²) in [5.74, 6) is 1.02. The predicted octanol–water partition coefficient (Wildman–Crippen LogP) is -0.377. The SMILES string of the molecule is COCCCOc1ccnc(C[S@](=O)c2nc3ccccc3[n-]2)c1C.[K+]. The zero-order valence-corrected chi connectivity index (χ0v) is 19.2. The second kappa shape index (κ2) is 10.7. The number of nitrogens with zero attached hydrogens (tertiary/aromatic N) is 3. The van der Waals surface area contributed by atoms with Crippen LogP contribution in [0.5, 0.6) is 5.75 Å². The molecule has 0 bridgehead atoms. The number of pyridine rings is 1. The van der Waals surface area contributed by atoms with Gasteiger partial charge in [0.25, 0.3) is 0 Å². The number of benzene rings is 1. The van der Waals surface area contributed by atoms with E-state index in [4.69, 9.17) is 9.47 Å². The Labute approximate surface area is 198 Å². The minimum Gasteiger partial charge on any atom is -0.493 e. The Bertz CT molecular complexity index is 852. The van der Waals surface area contributed by atoms with Crippen molar-refractivity contribution in [2.75, 3.05) is 20.3 Å². The van der Waals surface area contributed by atoms with E-state index in [-0.39, 0.29) is 57.1 Å². The molecule has 3 rings (SSSR count). The van der Waals surface area contributed by atoms with Gasteiger partial charge in [0.05, 0.1) is 28.9 Å². The number of fused-ring (bicyclic) bond motifs is 1. The zero-order valence-electron chi connectivity index (χ0n) is 15.3. The maximum absolute atomic E-state index is 12.6. The molecule has 1 atom stereocenters. The van der Waals surface area contributed by atoms with Crippen LogP contribution >= 0.6 is 0 Å². The van der Waals surface area contributed by atoms with E-state index in [9.17, 15) is 4.21 Å². The van der Waals surface area contributed by atoms with Gasteiger partial charge in [-0.05, 0) is 24.0 Å². The van der Waals surface area contributed by atoms with E-state index in [1.165, 1.54) is 0 Å². The second-order valence-corrected chi connectivity index (χ2v) is 6.91. The summed E-state index contributed by atoms with van der Waals surface area (Å²) in [6, 6.07) is 9.32. The van der Waals surface area contributed by atoms with Gasteiger partial charge in [0.15, 0.2) is 0 Å².